The van der Waals surface area contributed by atoms with E-state index >= 15 is 0 Å². The van der Waals surface area contributed by atoms with Crippen LogP contribution in [0.1, 0.15) is 18.6 Å². The van der Waals surface area contributed by atoms with Crippen molar-refractivity contribution in [2.75, 3.05) is 13.4 Å². The second-order valence-corrected chi connectivity index (χ2v) is 7.20. The number of aromatic nitrogens is 3. The third-order valence-corrected chi connectivity index (χ3v) is 5.22. The number of nitrogens with zero attached hydrogens (tertiary/aromatic N) is 3. The quantitative estimate of drug-likeness (QED) is 0.517. The first kappa shape index (κ1) is 19.2. The van der Waals surface area contributed by atoms with Crippen molar-refractivity contribution >= 4 is 5.52 Å². The summed E-state index contributed by atoms with van der Waals surface area (Å²) in [6, 6.07) is 14.6. The number of rotatable bonds is 6. The molecule has 2 aromatic heterocycles. The molecule has 0 radical (unpaired) electrons. The molecule has 158 valence electrons. The Morgan fingerprint density at radius 3 is 2.71 bits per heavy atom. The van der Waals surface area contributed by atoms with E-state index in [0.717, 1.165) is 11.3 Å². The van der Waals surface area contributed by atoms with E-state index in [-0.39, 0.29) is 18.9 Å². The number of hydrogen-bond acceptors (Lipinski definition) is 6. The molecule has 0 spiro atoms. The molecular formula is C23H21N3O5. The van der Waals surface area contributed by atoms with Crippen LogP contribution in [0.5, 0.6) is 17.2 Å². The van der Waals surface area contributed by atoms with Gasteiger partial charge >= 0.3 is 0 Å². The normalized spacial score (nSPS) is 13.5. The van der Waals surface area contributed by atoms with Crippen molar-refractivity contribution in [1.82, 2.24) is 14.2 Å². The topological polar surface area (TPSA) is 87.2 Å². The first-order chi connectivity index (χ1) is 15.1. The fourth-order valence-electron chi connectivity index (χ4n) is 3.61. The van der Waals surface area contributed by atoms with E-state index in [1.807, 2.05) is 31.2 Å². The molecule has 0 fully saturated rings. The minimum absolute atomic E-state index is 0.110. The number of aliphatic hydroxyl groups excluding tert-OH is 1. The zero-order chi connectivity index (χ0) is 21.4. The Morgan fingerprint density at radius 1 is 1.10 bits per heavy atom. The van der Waals surface area contributed by atoms with E-state index < -0.39 is 6.10 Å². The minimum Gasteiger partial charge on any atom is -0.494 e. The third-order valence-electron chi connectivity index (χ3n) is 5.22. The molecule has 8 nitrogen and oxygen atoms in total. The van der Waals surface area contributed by atoms with Crippen LogP contribution < -0.4 is 19.8 Å². The second-order valence-electron chi connectivity index (χ2n) is 7.20. The summed E-state index contributed by atoms with van der Waals surface area (Å²) in [5.41, 5.74) is 2.43. The fraction of sp³-hybridized carbons (Fsp3) is 0.217. The maximum absolute atomic E-state index is 13.0. The molecule has 0 bridgehead atoms. The first-order valence-corrected chi connectivity index (χ1v) is 10.0. The lowest BCUT2D eigenvalue weighted by Crippen LogP contribution is -2.24. The van der Waals surface area contributed by atoms with Gasteiger partial charge in [0, 0.05) is 18.0 Å². The van der Waals surface area contributed by atoms with Gasteiger partial charge in [-0.2, -0.15) is 5.10 Å². The predicted octanol–water partition coefficient (Wildman–Crippen LogP) is 3.02. The molecule has 5 rings (SSSR count). The summed E-state index contributed by atoms with van der Waals surface area (Å²) < 4.78 is 19.2. The van der Waals surface area contributed by atoms with Crippen molar-refractivity contribution in [3.63, 3.8) is 0 Å². The van der Waals surface area contributed by atoms with Crippen LogP contribution in [-0.4, -0.2) is 32.7 Å². The largest absolute Gasteiger partial charge is 0.494 e. The van der Waals surface area contributed by atoms with Crippen LogP contribution in [0.15, 0.2) is 65.7 Å². The lowest BCUT2D eigenvalue weighted by molar-refractivity contribution is 0.154. The van der Waals surface area contributed by atoms with Crippen molar-refractivity contribution in [2.24, 2.45) is 0 Å². The number of fused-ring (bicyclic) bond motifs is 2. The first-order valence-electron chi connectivity index (χ1n) is 10.0. The highest BCUT2D eigenvalue weighted by Crippen LogP contribution is 2.34. The van der Waals surface area contributed by atoms with Gasteiger partial charge < -0.3 is 23.9 Å². The Balaban J connectivity index is 1.41. The fourth-order valence-corrected chi connectivity index (χ4v) is 3.61. The molecule has 31 heavy (non-hydrogen) atoms. The van der Waals surface area contributed by atoms with Gasteiger partial charge in [0.15, 0.2) is 11.5 Å². The lowest BCUT2D eigenvalue weighted by Gasteiger charge is -2.13. The lowest BCUT2D eigenvalue weighted by atomic mass is 10.1. The van der Waals surface area contributed by atoms with Crippen LogP contribution in [0.2, 0.25) is 0 Å². The second kappa shape index (κ2) is 7.81. The van der Waals surface area contributed by atoms with Crippen molar-refractivity contribution in [1.29, 1.82) is 0 Å². The van der Waals surface area contributed by atoms with Crippen LogP contribution in [0, 0.1) is 0 Å². The minimum atomic E-state index is -0.872. The summed E-state index contributed by atoms with van der Waals surface area (Å²) in [5, 5.41) is 15.2. The molecule has 8 heteroatoms. The highest BCUT2D eigenvalue weighted by Gasteiger charge is 2.18. The van der Waals surface area contributed by atoms with E-state index in [0.29, 0.717) is 34.9 Å². The van der Waals surface area contributed by atoms with Gasteiger partial charge in [0.1, 0.15) is 11.3 Å². The molecule has 3 heterocycles. The van der Waals surface area contributed by atoms with Crippen LogP contribution in [0.4, 0.5) is 0 Å². The molecule has 4 aromatic rings. The van der Waals surface area contributed by atoms with Crippen LogP contribution in [0.25, 0.3) is 16.8 Å². The monoisotopic (exact) mass is 419 g/mol. The van der Waals surface area contributed by atoms with Gasteiger partial charge in [0.2, 0.25) is 6.79 Å². The molecule has 0 unspecified atom stereocenters. The molecule has 1 aliphatic heterocycles. The van der Waals surface area contributed by atoms with E-state index in [1.54, 1.807) is 41.2 Å². The van der Waals surface area contributed by atoms with Crippen molar-refractivity contribution in [3.05, 3.63) is 76.8 Å². The Labute approximate surface area is 177 Å². The third kappa shape index (κ3) is 3.62. The SMILES string of the molecule is CCOc1ccc(-c2cc3c(=O)n(C[C@H](O)c4ccc5c(c4)OCO5)ccn3n2)cc1. The summed E-state index contributed by atoms with van der Waals surface area (Å²) in [5.74, 6) is 2.03. The van der Waals surface area contributed by atoms with Crippen molar-refractivity contribution in [2.45, 2.75) is 19.6 Å². The summed E-state index contributed by atoms with van der Waals surface area (Å²) in [6.07, 6.45) is 2.46. The Bertz CT molecular complexity index is 1290. The van der Waals surface area contributed by atoms with Crippen LogP contribution in [-0.2, 0) is 6.54 Å². The maximum atomic E-state index is 13.0. The van der Waals surface area contributed by atoms with Gasteiger partial charge in [-0.05, 0) is 55.0 Å². The number of hydrogen-bond donors (Lipinski definition) is 1. The Kier molecular flexibility index (Phi) is 4.83. The molecule has 0 saturated heterocycles. The summed E-state index contributed by atoms with van der Waals surface area (Å²) in [6.45, 7) is 2.82. The number of ether oxygens (including phenoxy) is 3. The zero-order valence-electron chi connectivity index (χ0n) is 16.9. The molecule has 0 saturated carbocycles. The van der Waals surface area contributed by atoms with Gasteiger partial charge in [0.25, 0.3) is 5.56 Å². The van der Waals surface area contributed by atoms with Crippen molar-refractivity contribution in [3.8, 4) is 28.5 Å². The van der Waals surface area contributed by atoms with Gasteiger partial charge in [-0.1, -0.05) is 6.07 Å². The molecular weight excluding hydrogens is 398 g/mol. The van der Waals surface area contributed by atoms with E-state index in [2.05, 4.69) is 5.10 Å². The predicted molar refractivity (Wildman–Crippen MR) is 114 cm³/mol. The van der Waals surface area contributed by atoms with Gasteiger partial charge in [0.05, 0.1) is 24.9 Å². The molecule has 1 N–H and O–H groups in total. The molecule has 0 aliphatic carbocycles. The average molecular weight is 419 g/mol. The summed E-state index contributed by atoms with van der Waals surface area (Å²) in [7, 11) is 0. The Hall–Kier alpha value is -3.78. The Morgan fingerprint density at radius 2 is 1.90 bits per heavy atom. The highest BCUT2D eigenvalue weighted by molar-refractivity contribution is 5.66. The van der Waals surface area contributed by atoms with E-state index in [1.165, 1.54) is 4.57 Å². The van der Waals surface area contributed by atoms with Gasteiger partial charge in [-0.3, -0.25) is 4.79 Å². The standard InChI is InChI=1S/C23H21N3O5/c1-2-29-17-6-3-15(4-7-17)18-12-19-23(28)25(9-10-26(19)24-18)13-20(27)16-5-8-21-22(11-16)31-14-30-21/h3-12,20,27H,2,13-14H2,1H3/t20-/m0/s1. The van der Waals surface area contributed by atoms with E-state index in [4.69, 9.17) is 14.2 Å². The zero-order valence-corrected chi connectivity index (χ0v) is 16.9. The van der Waals surface area contributed by atoms with Crippen LogP contribution >= 0.6 is 0 Å². The average Bonchev–Trinajstić information content (AvgIpc) is 3.43. The number of benzene rings is 2. The highest BCUT2D eigenvalue weighted by atomic mass is 16.7. The van der Waals surface area contributed by atoms with Crippen LogP contribution in [0.3, 0.4) is 0 Å². The molecule has 0 amide bonds. The number of aliphatic hydroxyl groups is 1. The van der Waals surface area contributed by atoms with Gasteiger partial charge in [-0.15, -0.1) is 0 Å². The van der Waals surface area contributed by atoms with Gasteiger partial charge in [-0.25, -0.2) is 4.52 Å². The molecule has 1 atom stereocenters. The summed E-state index contributed by atoms with van der Waals surface area (Å²) >= 11 is 0. The molecule has 1 aliphatic rings. The maximum Gasteiger partial charge on any atom is 0.276 e. The molecule has 2 aromatic carbocycles. The van der Waals surface area contributed by atoms with Crippen molar-refractivity contribution < 1.29 is 19.3 Å². The summed E-state index contributed by atoms with van der Waals surface area (Å²) in [4.78, 5) is 13.0. The van der Waals surface area contributed by atoms with E-state index in [9.17, 15) is 9.90 Å². The smallest absolute Gasteiger partial charge is 0.276 e.